The SMILES string of the molecule is CC(C)c1cnc(C(=O)N(C)C)c(OC2CC2)c1. The maximum atomic E-state index is 12.0. The number of carbonyl (C=O) groups excluding carboxylic acids is 1. The van der Waals surface area contributed by atoms with Crippen molar-refractivity contribution in [3.8, 4) is 5.75 Å². The molecule has 1 aromatic heterocycles. The number of rotatable bonds is 4. The molecule has 1 saturated carbocycles. The minimum Gasteiger partial charge on any atom is -0.488 e. The second-order valence-electron chi connectivity index (χ2n) is 5.29. The molecule has 4 heteroatoms. The first-order valence-electron chi connectivity index (χ1n) is 6.37. The number of ether oxygens (including phenoxy) is 1. The van der Waals surface area contributed by atoms with Gasteiger partial charge in [-0.05, 0) is 30.4 Å². The summed E-state index contributed by atoms with van der Waals surface area (Å²) in [7, 11) is 3.45. The third-order valence-electron chi connectivity index (χ3n) is 2.97. The van der Waals surface area contributed by atoms with Gasteiger partial charge in [-0.25, -0.2) is 4.98 Å². The average Bonchev–Trinajstić information content (AvgIpc) is 3.11. The molecule has 0 atom stereocenters. The van der Waals surface area contributed by atoms with Crippen LogP contribution >= 0.6 is 0 Å². The highest BCUT2D eigenvalue weighted by Crippen LogP contribution is 2.30. The molecule has 0 radical (unpaired) electrons. The van der Waals surface area contributed by atoms with Gasteiger partial charge in [-0.3, -0.25) is 4.79 Å². The van der Waals surface area contributed by atoms with Crippen LogP contribution in [0.5, 0.6) is 5.75 Å². The summed E-state index contributed by atoms with van der Waals surface area (Å²) >= 11 is 0. The topological polar surface area (TPSA) is 42.4 Å². The van der Waals surface area contributed by atoms with Crippen LogP contribution < -0.4 is 4.74 Å². The van der Waals surface area contributed by atoms with E-state index < -0.39 is 0 Å². The van der Waals surface area contributed by atoms with Crippen LogP contribution in [0.4, 0.5) is 0 Å². The van der Waals surface area contributed by atoms with Crippen molar-refractivity contribution in [3.05, 3.63) is 23.5 Å². The van der Waals surface area contributed by atoms with Crippen molar-refractivity contribution in [1.82, 2.24) is 9.88 Å². The molecule has 0 spiro atoms. The van der Waals surface area contributed by atoms with Crippen molar-refractivity contribution in [2.45, 2.75) is 38.7 Å². The molecule has 1 amide bonds. The number of hydrogen-bond acceptors (Lipinski definition) is 3. The Morgan fingerprint density at radius 1 is 1.44 bits per heavy atom. The highest BCUT2D eigenvalue weighted by atomic mass is 16.5. The Morgan fingerprint density at radius 3 is 2.61 bits per heavy atom. The standard InChI is InChI=1S/C14H20N2O2/c1-9(2)10-7-12(18-11-5-6-11)13(15-8-10)14(17)16(3)4/h7-9,11H,5-6H2,1-4H3. The van der Waals surface area contributed by atoms with Crippen LogP contribution in [0.25, 0.3) is 0 Å². The third kappa shape index (κ3) is 2.81. The molecular weight excluding hydrogens is 228 g/mol. The fourth-order valence-electron chi connectivity index (χ4n) is 1.60. The average molecular weight is 248 g/mol. The van der Waals surface area contributed by atoms with E-state index in [-0.39, 0.29) is 12.0 Å². The van der Waals surface area contributed by atoms with Crippen LogP contribution in [0, 0.1) is 0 Å². The second-order valence-corrected chi connectivity index (χ2v) is 5.29. The van der Waals surface area contributed by atoms with E-state index >= 15 is 0 Å². The zero-order valence-corrected chi connectivity index (χ0v) is 11.4. The zero-order chi connectivity index (χ0) is 13.3. The molecule has 0 bridgehead atoms. The van der Waals surface area contributed by atoms with Gasteiger partial charge in [0.1, 0.15) is 0 Å². The molecule has 1 heterocycles. The number of hydrogen-bond donors (Lipinski definition) is 0. The zero-order valence-electron chi connectivity index (χ0n) is 11.4. The minimum absolute atomic E-state index is 0.110. The van der Waals surface area contributed by atoms with E-state index in [1.165, 1.54) is 4.90 Å². The van der Waals surface area contributed by atoms with E-state index in [4.69, 9.17) is 4.74 Å². The molecule has 1 aliphatic rings. The lowest BCUT2D eigenvalue weighted by atomic mass is 10.0. The maximum Gasteiger partial charge on any atom is 0.275 e. The van der Waals surface area contributed by atoms with Gasteiger partial charge in [0.15, 0.2) is 11.4 Å². The van der Waals surface area contributed by atoms with Crippen LogP contribution in [0.15, 0.2) is 12.3 Å². The predicted molar refractivity (Wildman–Crippen MR) is 70.0 cm³/mol. The Bertz CT molecular complexity index is 451. The molecule has 1 fully saturated rings. The lowest BCUT2D eigenvalue weighted by Crippen LogP contribution is -2.24. The van der Waals surface area contributed by atoms with E-state index in [0.29, 0.717) is 17.4 Å². The van der Waals surface area contributed by atoms with Crippen LogP contribution in [0.2, 0.25) is 0 Å². The lowest BCUT2D eigenvalue weighted by molar-refractivity contribution is 0.0816. The Labute approximate surface area is 108 Å². The molecule has 1 aliphatic carbocycles. The minimum atomic E-state index is -0.110. The van der Waals surface area contributed by atoms with Gasteiger partial charge in [0.05, 0.1) is 6.10 Å². The smallest absolute Gasteiger partial charge is 0.275 e. The summed E-state index contributed by atoms with van der Waals surface area (Å²) < 4.78 is 5.81. The first-order chi connectivity index (χ1) is 8.49. The van der Waals surface area contributed by atoms with Gasteiger partial charge in [0.2, 0.25) is 0 Å². The molecule has 0 aliphatic heterocycles. The van der Waals surface area contributed by atoms with Gasteiger partial charge in [-0.2, -0.15) is 0 Å². The fraction of sp³-hybridized carbons (Fsp3) is 0.571. The molecule has 0 unspecified atom stereocenters. The summed E-state index contributed by atoms with van der Waals surface area (Å²) in [6.07, 6.45) is 4.17. The highest BCUT2D eigenvalue weighted by Gasteiger charge is 2.27. The summed E-state index contributed by atoms with van der Waals surface area (Å²) in [5.41, 5.74) is 1.51. The van der Waals surface area contributed by atoms with E-state index in [2.05, 4.69) is 18.8 Å². The molecule has 2 rings (SSSR count). The summed E-state index contributed by atoms with van der Waals surface area (Å²) in [6.45, 7) is 4.21. The molecule has 18 heavy (non-hydrogen) atoms. The van der Waals surface area contributed by atoms with Gasteiger partial charge >= 0.3 is 0 Å². The van der Waals surface area contributed by atoms with Crippen molar-refractivity contribution in [3.63, 3.8) is 0 Å². The summed E-state index contributed by atoms with van der Waals surface area (Å²) in [4.78, 5) is 17.8. The van der Waals surface area contributed by atoms with Gasteiger partial charge in [-0.1, -0.05) is 13.8 Å². The number of amides is 1. The molecule has 4 nitrogen and oxygen atoms in total. The molecule has 1 aromatic rings. The molecular formula is C14H20N2O2. The van der Waals surface area contributed by atoms with Crippen molar-refractivity contribution < 1.29 is 9.53 Å². The third-order valence-corrected chi connectivity index (χ3v) is 2.97. The lowest BCUT2D eigenvalue weighted by Gasteiger charge is -2.15. The second kappa shape index (κ2) is 4.96. The first kappa shape index (κ1) is 12.9. The van der Waals surface area contributed by atoms with Gasteiger partial charge < -0.3 is 9.64 Å². The number of pyridine rings is 1. The van der Waals surface area contributed by atoms with Crippen LogP contribution in [0.1, 0.15) is 48.7 Å². The van der Waals surface area contributed by atoms with Crippen LogP contribution in [0.3, 0.4) is 0 Å². The number of carbonyl (C=O) groups is 1. The summed E-state index contributed by atoms with van der Waals surface area (Å²) in [5.74, 6) is 0.894. The number of aromatic nitrogens is 1. The Kier molecular flexibility index (Phi) is 3.55. The fourth-order valence-corrected chi connectivity index (χ4v) is 1.60. The normalized spacial score (nSPS) is 14.7. The quantitative estimate of drug-likeness (QED) is 0.822. The predicted octanol–water partition coefficient (Wildman–Crippen LogP) is 2.45. The van der Waals surface area contributed by atoms with Gasteiger partial charge in [0.25, 0.3) is 5.91 Å². The Balaban J connectivity index is 2.34. The largest absolute Gasteiger partial charge is 0.488 e. The van der Waals surface area contributed by atoms with E-state index in [1.54, 1.807) is 20.3 Å². The Hall–Kier alpha value is -1.58. The van der Waals surface area contributed by atoms with Gasteiger partial charge in [0, 0.05) is 20.3 Å². The van der Waals surface area contributed by atoms with Crippen molar-refractivity contribution >= 4 is 5.91 Å². The van der Waals surface area contributed by atoms with Crippen LogP contribution in [-0.2, 0) is 0 Å². The van der Waals surface area contributed by atoms with E-state index in [9.17, 15) is 4.79 Å². The van der Waals surface area contributed by atoms with Gasteiger partial charge in [-0.15, -0.1) is 0 Å². The number of nitrogens with zero attached hydrogens (tertiary/aromatic N) is 2. The molecule has 98 valence electrons. The summed E-state index contributed by atoms with van der Waals surface area (Å²) in [5, 5.41) is 0. The molecule has 0 N–H and O–H groups in total. The molecule has 0 aromatic carbocycles. The first-order valence-corrected chi connectivity index (χ1v) is 6.37. The van der Waals surface area contributed by atoms with Crippen LogP contribution in [-0.4, -0.2) is 36.0 Å². The summed E-state index contributed by atoms with van der Waals surface area (Å²) in [6, 6.07) is 1.95. The Morgan fingerprint density at radius 2 is 2.11 bits per heavy atom. The monoisotopic (exact) mass is 248 g/mol. The highest BCUT2D eigenvalue weighted by molar-refractivity contribution is 5.94. The molecule has 0 saturated heterocycles. The van der Waals surface area contributed by atoms with E-state index in [1.807, 2.05) is 6.07 Å². The van der Waals surface area contributed by atoms with Crippen molar-refractivity contribution in [1.29, 1.82) is 0 Å². The maximum absolute atomic E-state index is 12.0. The van der Waals surface area contributed by atoms with E-state index in [0.717, 1.165) is 18.4 Å². The van der Waals surface area contributed by atoms with Crippen molar-refractivity contribution in [2.24, 2.45) is 0 Å². The van der Waals surface area contributed by atoms with Crippen molar-refractivity contribution in [2.75, 3.05) is 14.1 Å².